The SMILES string of the molecule is C[C@@H](N[C@@H]1CCc2ncnn2C1)C(=O)NC1(C#N)CCCCC1. The van der Waals surface area contributed by atoms with Crippen molar-refractivity contribution in [2.45, 2.75) is 76.0 Å². The number of fused-ring (bicyclic) bond motifs is 1. The molecule has 1 saturated carbocycles. The van der Waals surface area contributed by atoms with Crippen LogP contribution in [0.4, 0.5) is 0 Å². The number of nitriles is 1. The average Bonchev–Trinajstić information content (AvgIpc) is 3.03. The Morgan fingerprint density at radius 1 is 1.48 bits per heavy atom. The van der Waals surface area contributed by atoms with E-state index in [9.17, 15) is 10.1 Å². The lowest BCUT2D eigenvalue weighted by Gasteiger charge is -2.33. The van der Waals surface area contributed by atoms with Crippen molar-refractivity contribution < 1.29 is 4.79 Å². The van der Waals surface area contributed by atoms with Gasteiger partial charge in [0, 0.05) is 12.5 Å². The number of hydrogen-bond acceptors (Lipinski definition) is 5. The molecule has 0 aromatic carbocycles. The summed E-state index contributed by atoms with van der Waals surface area (Å²) in [7, 11) is 0. The monoisotopic (exact) mass is 316 g/mol. The Balaban J connectivity index is 1.55. The largest absolute Gasteiger partial charge is 0.336 e. The van der Waals surface area contributed by atoms with Gasteiger partial charge in [-0.05, 0) is 26.2 Å². The number of carbonyl (C=O) groups excluding carboxylic acids is 1. The summed E-state index contributed by atoms with van der Waals surface area (Å²) >= 11 is 0. The number of rotatable bonds is 4. The highest BCUT2D eigenvalue weighted by molar-refractivity contribution is 5.82. The molecule has 23 heavy (non-hydrogen) atoms. The first-order valence-corrected chi connectivity index (χ1v) is 8.48. The number of hydrogen-bond donors (Lipinski definition) is 2. The highest BCUT2D eigenvalue weighted by Crippen LogP contribution is 2.27. The number of aromatic nitrogens is 3. The van der Waals surface area contributed by atoms with Crippen molar-refractivity contribution in [1.29, 1.82) is 5.26 Å². The second kappa shape index (κ2) is 6.67. The third-order valence-corrected chi connectivity index (χ3v) is 4.97. The smallest absolute Gasteiger partial charge is 0.238 e. The molecule has 7 nitrogen and oxygen atoms in total. The average molecular weight is 316 g/mol. The van der Waals surface area contributed by atoms with E-state index in [0.717, 1.165) is 57.3 Å². The molecule has 1 aromatic rings. The predicted molar refractivity (Wildman–Crippen MR) is 84.3 cm³/mol. The molecule has 2 N–H and O–H groups in total. The van der Waals surface area contributed by atoms with Crippen LogP contribution in [0, 0.1) is 11.3 Å². The first kappa shape index (κ1) is 15.9. The predicted octanol–water partition coefficient (Wildman–Crippen LogP) is 0.914. The molecule has 1 amide bonds. The molecule has 1 aliphatic heterocycles. The van der Waals surface area contributed by atoms with Crippen LogP contribution in [0.3, 0.4) is 0 Å². The van der Waals surface area contributed by atoms with Gasteiger partial charge >= 0.3 is 0 Å². The zero-order valence-electron chi connectivity index (χ0n) is 13.6. The van der Waals surface area contributed by atoms with Gasteiger partial charge in [0.2, 0.25) is 5.91 Å². The first-order chi connectivity index (χ1) is 11.1. The van der Waals surface area contributed by atoms with Gasteiger partial charge in [-0.25, -0.2) is 9.67 Å². The molecule has 2 heterocycles. The van der Waals surface area contributed by atoms with Crippen molar-refractivity contribution in [3.05, 3.63) is 12.2 Å². The highest BCUT2D eigenvalue weighted by Gasteiger charge is 2.35. The van der Waals surface area contributed by atoms with E-state index in [-0.39, 0.29) is 18.0 Å². The molecule has 7 heteroatoms. The molecule has 3 rings (SSSR count). The molecule has 0 radical (unpaired) electrons. The normalized spacial score (nSPS) is 24.3. The molecule has 0 unspecified atom stereocenters. The van der Waals surface area contributed by atoms with E-state index in [0.29, 0.717) is 0 Å². The van der Waals surface area contributed by atoms with Crippen LogP contribution in [0.1, 0.15) is 51.3 Å². The van der Waals surface area contributed by atoms with Crippen LogP contribution in [-0.4, -0.2) is 38.3 Å². The van der Waals surface area contributed by atoms with Crippen LogP contribution in [0.5, 0.6) is 0 Å². The maximum absolute atomic E-state index is 12.5. The first-order valence-electron chi connectivity index (χ1n) is 8.48. The minimum absolute atomic E-state index is 0.0853. The Morgan fingerprint density at radius 2 is 2.26 bits per heavy atom. The van der Waals surface area contributed by atoms with Gasteiger partial charge in [0.25, 0.3) is 0 Å². The molecule has 0 bridgehead atoms. The fraction of sp³-hybridized carbons (Fsp3) is 0.750. The maximum Gasteiger partial charge on any atom is 0.238 e. The minimum Gasteiger partial charge on any atom is -0.336 e. The molecule has 1 fully saturated rings. The van der Waals surface area contributed by atoms with Crippen molar-refractivity contribution in [2.75, 3.05) is 0 Å². The van der Waals surface area contributed by atoms with Gasteiger partial charge in [0.05, 0.1) is 18.7 Å². The summed E-state index contributed by atoms with van der Waals surface area (Å²) in [5.41, 5.74) is -0.670. The van der Waals surface area contributed by atoms with Gasteiger partial charge < -0.3 is 10.6 Å². The second-order valence-corrected chi connectivity index (χ2v) is 6.73. The summed E-state index contributed by atoms with van der Waals surface area (Å²) in [6.07, 6.45) is 8.07. The van der Waals surface area contributed by atoms with E-state index < -0.39 is 5.54 Å². The van der Waals surface area contributed by atoms with Crippen LogP contribution in [0.15, 0.2) is 6.33 Å². The van der Waals surface area contributed by atoms with Gasteiger partial charge in [-0.1, -0.05) is 19.3 Å². The topological polar surface area (TPSA) is 95.6 Å². The Bertz CT molecular complexity index is 598. The molecular formula is C16H24N6O. The Morgan fingerprint density at radius 3 is 3.00 bits per heavy atom. The van der Waals surface area contributed by atoms with Gasteiger partial charge in [-0.3, -0.25) is 4.79 Å². The Kier molecular flexibility index (Phi) is 4.62. The Labute approximate surface area is 136 Å². The number of nitrogens with one attached hydrogen (secondary N) is 2. The fourth-order valence-corrected chi connectivity index (χ4v) is 3.57. The lowest BCUT2D eigenvalue weighted by Crippen LogP contribution is -2.56. The fourth-order valence-electron chi connectivity index (χ4n) is 3.57. The maximum atomic E-state index is 12.5. The van der Waals surface area contributed by atoms with Crippen molar-refractivity contribution in [2.24, 2.45) is 0 Å². The number of aryl methyl sites for hydroxylation is 1. The minimum atomic E-state index is -0.670. The van der Waals surface area contributed by atoms with Crippen molar-refractivity contribution >= 4 is 5.91 Å². The molecule has 1 aromatic heterocycles. The van der Waals surface area contributed by atoms with E-state index in [2.05, 4.69) is 26.8 Å². The van der Waals surface area contributed by atoms with Gasteiger partial charge in [-0.2, -0.15) is 10.4 Å². The summed E-state index contributed by atoms with van der Waals surface area (Å²) in [6.45, 7) is 2.59. The lowest BCUT2D eigenvalue weighted by atomic mass is 9.82. The van der Waals surface area contributed by atoms with Crippen molar-refractivity contribution in [1.82, 2.24) is 25.4 Å². The van der Waals surface area contributed by atoms with E-state index in [1.807, 2.05) is 11.6 Å². The quantitative estimate of drug-likeness (QED) is 0.861. The molecule has 124 valence electrons. The lowest BCUT2D eigenvalue weighted by molar-refractivity contribution is -0.124. The van der Waals surface area contributed by atoms with Crippen molar-refractivity contribution in [3.8, 4) is 6.07 Å². The second-order valence-electron chi connectivity index (χ2n) is 6.73. The third-order valence-electron chi connectivity index (χ3n) is 4.97. The van der Waals surface area contributed by atoms with Crippen LogP contribution in [0.2, 0.25) is 0 Å². The van der Waals surface area contributed by atoms with Gasteiger partial charge in [0.1, 0.15) is 17.7 Å². The number of nitrogens with zero attached hydrogens (tertiary/aromatic N) is 4. The molecule has 2 aliphatic rings. The standard InChI is InChI=1S/C16H24N6O/c1-12(15(23)21-16(10-17)7-3-2-4-8-16)20-13-5-6-14-18-11-19-22(14)9-13/h11-13,20H,2-9H2,1H3,(H,21,23)/t12-,13-/m1/s1. The third kappa shape index (κ3) is 3.53. The van der Waals surface area contributed by atoms with Crippen LogP contribution in [-0.2, 0) is 17.8 Å². The molecule has 2 atom stereocenters. The van der Waals surface area contributed by atoms with E-state index in [1.54, 1.807) is 6.33 Å². The molecular weight excluding hydrogens is 292 g/mol. The summed E-state index contributed by atoms with van der Waals surface area (Å²) in [5.74, 6) is 0.920. The van der Waals surface area contributed by atoms with Crippen molar-refractivity contribution in [3.63, 3.8) is 0 Å². The Hall–Kier alpha value is -1.94. The van der Waals surface area contributed by atoms with E-state index in [4.69, 9.17) is 0 Å². The van der Waals surface area contributed by atoms with Gasteiger partial charge in [0.15, 0.2) is 0 Å². The van der Waals surface area contributed by atoms with E-state index in [1.165, 1.54) is 0 Å². The van der Waals surface area contributed by atoms with Crippen LogP contribution < -0.4 is 10.6 Å². The number of carbonyl (C=O) groups is 1. The van der Waals surface area contributed by atoms with E-state index >= 15 is 0 Å². The summed E-state index contributed by atoms with van der Waals surface area (Å²) < 4.78 is 1.89. The van der Waals surface area contributed by atoms with Gasteiger partial charge in [-0.15, -0.1) is 0 Å². The summed E-state index contributed by atoms with van der Waals surface area (Å²) in [6, 6.07) is 2.22. The zero-order chi connectivity index (χ0) is 16.3. The number of amides is 1. The summed E-state index contributed by atoms with van der Waals surface area (Å²) in [4.78, 5) is 16.7. The van der Waals surface area contributed by atoms with Crippen LogP contribution in [0.25, 0.3) is 0 Å². The molecule has 0 spiro atoms. The van der Waals surface area contributed by atoms with Crippen LogP contribution >= 0.6 is 0 Å². The summed E-state index contributed by atoms with van der Waals surface area (Å²) in [5, 5.41) is 20.0. The molecule has 0 saturated heterocycles. The zero-order valence-corrected chi connectivity index (χ0v) is 13.6. The molecule has 1 aliphatic carbocycles. The highest BCUT2D eigenvalue weighted by atomic mass is 16.2.